The molecule has 0 aliphatic heterocycles. The van der Waals surface area contributed by atoms with Crippen molar-refractivity contribution < 1.29 is 13.2 Å². The number of rotatable bonds is 4. The van der Waals surface area contributed by atoms with Crippen molar-refractivity contribution >= 4 is 37.7 Å². The molecule has 7 nitrogen and oxygen atoms in total. The summed E-state index contributed by atoms with van der Waals surface area (Å²) < 4.78 is 27.5. The van der Waals surface area contributed by atoms with Crippen molar-refractivity contribution in [2.75, 3.05) is 19.4 Å². The minimum atomic E-state index is -3.65. The number of halogens is 1. The lowest BCUT2D eigenvalue weighted by Crippen LogP contribution is -2.23. The fourth-order valence-corrected chi connectivity index (χ4v) is 3.55. The maximum Gasteiger partial charge on any atom is 0.256 e. The topological polar surface area (TPSA) is 84.3 Å². The number of hydrogen-bond acceptors (Lipinski definition) is 4. The number of aryl methyl sites for hydroxylation is 1. The molecule has 0 radical (unpaired) electrons. The second kappa shape index (κ2) is 6.19. The highest BCUT2D eigenvalue weighted by Gasteiger charge is 2.22. The number of nitrogens with zero attached hydrogens (tertiary/aromatic N) is 3. The van der Waals surface area contributed by atoms with Gasteiger partial charge in [0.15, 0.2) is 5.82 Å². The van der Waals surface area contributed by atoms with Crippen molar-refractivity contribution in [2.24, 2.45) is 7.05 Å². The van der Waals surface area contributed by atoms with E-state index in [1.165, 1.54) is 32.3 Å². The van der Waals surface area contributed by atoms with Gasteiger partial charge in [-0.1, -0.05) is 0 Å². The van der Waals surface area contributed by atoms with Gasteiger partial charge in [0.25, 0.3) is 5.91 Å². The number of amides is 1. The van der Waals surface area contributed by atoms with Gasteiger partial charge in [0.1, 0.15) is 0 Å². The molecule has 0 aliphatic carbocycles. The fourth-order valence-electron chi connectivity index (χ4n) is 1.71. The van der Waals surface area contributed by atoms with Gasteiger partial charge >= 0.3 is 0 Å². The van der Waals surface area contributed by atoms with Gasteiger partial charge in [0, 0.05) is 43.4 Å². The zero-order valence-electron chi connectivity index (χ0n) is 12.2. The first kappa shape index (κ1) is 16.7. The molecular formula is C13H15BrN4O3S. The molecule has 0 fully saturated rings. The van der Waals surface area contributed by atoms with Crippen molar-refractivity contribution in [2.45, 2.75) is 4.90 Å². The molecule has 9 heteroatoms. The van der Waals surface area contributed by atoms with Crippen LogP contribution in [0.15, 0.2) is 39.8 Å². The number of aromatic nitrogens is 2. The molecule has 22 heavy (non-hydrogen) atoms. The minimum Gasteiger partial charge on any atom is -0.305 e. The zero-order chi connectivity index (χ0) is 16.5. The Bertz CT molecular complexity index is 814. The second-order valence-corrected chi connectivity index (χ2v) is 7.74. The van der Waals surface area contributed by atoms with Gasteiger partial charge in [-0.25, -0.2) is 12.7 Å². The predicted molar refractivity (Wildman–Crippen MR) is 86.2 cm³/mol. The molecule has 0 atom stereocenters. The van der Waals surface area contributed by atoms with Crippen LogP contribution in [0, 0.1) is 0 Å². The molecule has 2 aromatic rings. The number of sulfonamides is 1. The molecule has 0 unspecified atom stereocenters. The van der Waals surface area contributed by atoms with Gasteiger partial charge in [-0.15, -0.1) is 0 Å². The van der Waals surface area contributed by atoms with Crippen LogP contribution in [0.2, 0.25) is 0 Å². The Balaban J connectivity index is 2.35. The molecule has 118 valence electrons. The molecule has 0 saturated heterocycles. The summed E-state index contributed by atoms with van der Waals surface area (Å²) in [6.45, 7) is 0. The van der Waals surface area contributed by atoms with E-state index in [0.717, 1.165) is 4.31 Å². The van der Waals surface area contributed by atoms with E-state index in [-0.39, 0.29) is 10.5 Å². The molecule has 0 bridgehead atoms. The first-order valence-electron chi connectivity index (χ1n) is 6.25. The molecule has 1 amide bonds. The summed E-state index contributed by atoms with van der Waals surface area (Å²) in [6, 6.07) is 6.05. The van der Waals surface area contributed by atoms with Crippen molar-refractivity contribution in [3.8, 4) is 0 Å². The van der Waals surface area contributed by atoms with Crippen LogP contribution in [0.3, 0.4) is 0 Å². The van der Waals surface area contributed by atoms with Crippen LogP contribution in [0.5, 0.6) is 0 Å². The summed E-state index contributed by atoms with van der Waals surface area (Å²) in [7, 11) is 0.953. The number of benzene rings is 1. The van der Waals surface area contributed by atoms with Gasteiger partial charge < -0.3 is 5.32 Å². The molecule has 1 heterocycles. The lowest BCUT2D eigenvalue weighted by atomic mass is 10.2. The summed E-state index contributed by atoms with van der Waals surface area (Å²) in [5.41, 5.74) is 0.231. The van der Waals surface area contributed by atoms with E-state index in [0.29, 0.717) is 10.3 Å². The highest BCUT2D eigenvalue weighted by molar-refractivity contribution is 9.10. The van der Waals surface area contributed by atoms with Gasteiger partial charge in [-0.05, 0) is 34.1 Å². The van der Waals surface area contributed by atoms with Gasteiger partial charge in [-0.2, -0.15) is 5.10 Å². The van der Waals surface area contributed by atoms with E-state index in [4.69, 9.17) is 0 Å². The molecule has 2 rings (SSSR count). The monoisotopic (exact) mass is 386 g/mol. The predicted octanol–water partition coefficient (Wildman–Crippen LogP) is 1.69. The molecule has 1 N–H and O–H groups in total. The average molecular weight is 387 g/mol. The Kier molecular flexibility index (Phi) is 4.69. The van der Waals surface area contributed by atoms with Gasteiger partial charge in [0.2, 0.25) is 10.0 Å². The highest BCUT2D eigenvalue weighted by atomic mass is 79.9. The SMILES string of the molecule is CN(C)S(=O)(=O)c1cc(C(=O)Nc2ccn(C)n2)ccc1Br. The van der Waals surface area contributed by atoms with Crippen LogP contribution in [-0.4, -0.2) is 42.5 Å². The Morgan fingerprint density at radius 2 is 2.00 bits per heavy atom. The third kappa shape index (κ3) is 3.37. The van der Waals surface area contributed by atoms with E-state index in [1.807, 2.05) is 0 Å². The molecular weight excluding hydrogens is 372 g/mol. The summed E-state index contributed by atoms with van der Waals surface area (Å²) in [4.78, 5) is 12.2. The van der Waals surface area contributed by atoms with Crippen LogP contribution in [-0.2, 0) is 17.1 Å². The fraction of sp³-hybridized carbons (Fsp3) is 0.231. The largest absolute Gasteiger partial charge is 0.305 e. The molecule has 0 saturated carbocycles. The maximum atomic E-state index is 12.2. The van der Waals surface area contributed by atoms with E-state index in [1.54, 1.807) is 24.0 Å². The lowest BCUT2D eigenvalue weighted by Gasteiger charge is -2.13. The Labute approximate surface area is 137 Å². The van der Waals surface area contributed by atoms with Crippen LogP contribution in [0.1, 0.15) is 10.4 Å². The molecule has 0 spiro atoms. The van der Waals surface area contributed by atoms with Gasteiger partial charge in [-0.3, -0.25) is 9.48 Å². The normalized spacial score (nSPS) is 11.7. The lowest BCUT2D eigenvalue weighted by molar-refractivity contribution is 0.102. The van der Waals surface area contributed by atoms with Crippen molar-refractivity contribution in [3.05, 3.63) is 40.5 Å². The smallest absolute Gasteiger partial charge is 0.256 e. The maximum absolute atomic E-state index is 12.2. The zero-order valence-corrected chi connectivity index (χ0v) is 14.6. The molecule has 0 aliphatic rings. The second-order valence-electron chi connectivity index (χ2n) is 4.76. The quantitative estimate of drug-likeness (QED) is 0.865. The average Bonchev–Trinajstić information content (AvgIpc) is 2.84. The van der Waals surface area contributed by atoms with Crippen molar-refractivity contribution in [1.29, 1.82) is 0 Å². The summed E-state index contributed by atoms with van der Waals surface area (Å²) in [5.74, 6) is -0.0335. The van der Waals surface area contributed by atoms with E-state index in [2.05, 4.69) is 26.3 Å². The van der Waals surface area contributed by atoms with Gasteiger partial charge in [0.05, 0.1) is 4.90 Å². The molecule has 1 aromatic carbocycles. The van der Waals surface area contributed by atoms with Crippen LogP contribution >= 0.6 is 15.9 Å². The van der Waals surface area contributed by atoms with Crippen LogP contribution in [0.4, 0.5) is 5.82 Å². The van der Waals surface area contributed by atoms with Crippen LogP contribution < -0.4 is 5.32 Å². The van der Waals surface area contributed by atoms with Crippen molar-refractivity contribution in [1.82, 2.24) is 14.1 Å². The number of anilines is 1. The number of carbonyl (C=O) groups is 1. The van der Waals surface area contributed by atoms with Crippen LogP contribution in [0.25, 0.3) is 0 Å². The van der Waals surface area contributed by atoms with Crippen molar-refractivity contribution in [3.63, 3.8) is 0 Å². The summed E-state index contributed by atoms with van der Waals surface area (Å²) in [6.07, 6.45) is 1.69. The minimum absolute atomic E-state index is 0.0335. The number of carbonyl (C=O) groups excluding carboxylic acids is 1. The Morgan fingerprint density at radius 1 is 1.32 bits per heavy atom. The molecule has 1 aromatic heterocycles. The van der Waals surface area contributed by atoms with E-state index in [9.17, 15) is 13.2 Å². The first-order valence-corrected chi connectivity index (χ1v) is 8.48. The van der Waals surface area contributed by atoms with E-state index >= 15 is 0 Å². The summed E-state index contributed by atoms with van der Waals surface area (Å²) >= 11 is 3.20. The number of nitrogens with one attached hydrogen (secondary N) is 1. The first-order chi connectivity index (χ1) is 10.2. The third-order valence-corrected chi connectivity index (χ3v) is 5.72. The van der Waals surface area contributed by atoms with E-state index < -0.39 is 15.9 Å². The Morgan fingerprint density at radius 3 is 2.55 bits per heavy atom. The summed E-state index contributed by atoms with van der Waals surface area (Å²) in [5, 5.41) is 6.65. The highest BCUT2D eigenvalue weighted by Crippen LogP contribution is 2.25. The Hall–Kier alpha value is -1.71. The number of hydrogen-bond donors (Lipinski definition) is 1. The standard InChI is InChI=1S/C13H15BrN4O3S/c1-17(2)22(20,21)11-8-9(4-5-10(11)14)13(19)15-12-6-7-18(3)16-12/h4-8H,1-3H3,(H,15,16,19). The third-order valence-electron chi connectivity index (χ3n) is 2.91.